The van der Waals surface area contributed by atoms with Crippen LogP contribution < -0.4 is 0 Å². The fourth-order valence-corrected chi connectivity index (χ4v) is 0.791. The van der Waals surface area contributed by atoms with Gasteiger partial charge in [-0.3, -0.25) is 0 Å². The first-order valence-corrected chi connectivity index (χ1v) is 3.26. The smallest absolute Gasteiger partial charge is 0.0302 e. The highest BCUT2D eigenvalue weighted by atomic mass is 15.0. The van der Waals surface area contributed by atoms with Gasteiger partial charge < -0.3 is 4.57 Å². The minimum absolute atomic E-state index is 0.542. The summed E-state index contributed by atoms with van der Waals surface area (Å²) in [5.41, 5.74) is 0. The van der Waals surface area contributed by atoms with Gasteiger partial charge in [-0.25, -0.2) is 0 Å². The molecule has 49 valence electrons. The molecule has 0 N–H and O–H groups in total. The van der Waals surface area contributed by atoms with Crippen molar-refractivity contribution in [1.29, 1.82) is 0 Å². The topological polar surface area (TPSA) is 4.93 Å². The minimum atomic E-state index is 0.542. The molecular formula is C8H12N. The van der Waals surface area contributed by atoms with Gasteiger partial charge in [0.25, 0.3) is 0 Å². The highest BCUT2D eigenvalue weighted by molar-refractivity contribution is 4.92. The van der Waals surface area contributed by atoms with Gasteiger partial charge in [0, 0.05) is 18.4 Å². The van der Waals surface area contributed by atoms with Gasteiger partial charge in [-0.05, 0) is 25.5 Å². The van der Waals surface area contributed by atoms with Crippen molar-refractivity contribution in [1.82, 2.24) is 4.57 Å². The second-order valence-corrected chi connectivity index (χ2v) is 2.27. The van der Waals surface area contributed by atoms with Crippen molar-refractivity contribution in [2.45, 2.75) is 19.4 Å². The SMILES string of the molecule is [CH2]CC(C)n1cccc1. The van der Waals surface area contributed by atoms with Crippen LogP contribution in [0.25, 0.3) is 0 Å². The van der Waals surface area contributed by atoms with Gasteiger partial charge in [0.2, 0.25) is 0 Å². The molecular weight excluding hydrogens is 110 g/mol. The number of hydrogen-bond acceptors (Lipinski definition) is 0. The summed E-state index contributed by atoms with van der Waals surface area (Å²) in [6.45, 7) is 5.98. The first-order chi connectivity index (χ1) is 4.34. The lowest BCUT2D eigenvalue weighted by atomic mass is 10.3. The largest absolute Gasteiger partial charge is 0.352 e. The van der Waals surface area contributed by atoms with Gasteiger partial charge in [-0.1, -0.05) is 6.92 Å². The molecule has 0 fully saturated rings. The van der Waals surface area contributed by atoms with E-state index in [4.69, 9.17) is 0 Å². The van der Waals surface area contributed by atoms with Crippen LogP contribution in [0.15, 0.2) is 24.5 Å². The van der Waals surface area contributed by atoms with Crippen molar-refractivity contribution in [3.8, 4) is 0 Å². The fourth-order valence-electron chi connectivity index (χ4n) is 0.791. The van der Waals surface area contributed by atoms with Gasteiger partial charge in [-0.2, -0.15) is 0 Å². The first-order valence-electron chi connectivity index (χ1n) is 3.26. The van der Waals surface area contributed by atoms with Crippen molar-refractivity contribution >= 4 is 0 Å². The predicted molar refractivity (Wildman–Crippen MR) is 39.1 cm³/mol. The number of aromatic nitrogens is 1. The van der Waals surface area contributed by atoms with Crippen molar-refractivity contribution in [2.75, 3.05) is 0 Å². The zero-order valence-corrected chi connectivity index (χ0v) is 5.75. The van der Waals surface area contributed by atoms with E-state index in [-0.39, 0.29) is 0 Å². The predicted octanol–water partition coefficient (Wildman–Crippen LogP) is 2.27. The van der Waals surface area contributed by atoms with Gasteiger partial charge >= 0.3 is 0 Å². The lowest BCUT2D eigenvalue weighted by Crippen LogP contribution is -1.99. The number of rotatable bonds is 2. The summed E-state index contributed by atoms with van der Waals surface area (Å²) in [7, 11) is 0. The summed E-state index contributed by atoms with van der Waals surface area (Å²) >= 11 is 0. The third-order valence-corrected chi connectivity index (χ3v) is 1.55. The average Bonchev–Trinajstić information content (AvgIpc) is 2.37. The van der Waals surface area contributed by atoms with Crippen LogP contribution in [-0.2, 0) is 0 Å². The molecule has 1 aromatic heterocycles. The molecule has 0 aliphatic heterocycles. The van der Waals surface area contributed by atoms with E-state index in [0.29, 0.717) is 6.04 Å². The van der Waals surface area contributed by atoms with E-state index in [0.717, 1.165) is 6.42 Å². The third kappa shape index (κ3) is 1.35. The second kappa shape index (κ2) is 2.72. The first kappa shape index (κ1) is 6.40. The summed E-state index contributed by atoms with van der Waals surface area (Å²) in [6.07, 6.45) is 5.08. The Hall–Kier alpha value is -0.720. The van der Waals surface area contributed by atoms with Crippen LogP contribution in [-0.4, -0.2) is 4.57 Å². The second-order valence-electron chi connectivity index (χ2n) is 2.27. The Kier molecular flexibility index (Phi) is 1.93. The van der Waals surface area contributed by atoms with E-state index in [2.05, 4.69) is 30.8 Å². The Morgan fingerprint density at radius 3 is 2.44 bits per heavy atom. The normalized spacial score (nSPS) is 13.6. The van der Waals surface area contributed by atoms with Crippen LogP contribution in [0, 0.1) is 6.92 Å². The van der Waals surface area contributed by atoms with Crippen LogP contribution in [0.1, 0.15) is 19.4 Å². The van der Waals surface area contributed by atoms with Crippen molar-refractivity contribution < 1.29 is 0 Å². The maximum absolute atomic E-state index is 3.82. The Labute approximate surface area is 56.3 Å². The summed E-state index contributed by atoms with van der Waals surface area (Å²) in [5, 5.41) is 0. The van der Waals surface area contributed by atoms with Crippen LogP contribution >= 0.6 is 0 Å². The molecule has 0 aromatic carbocycles. The standard InChI is InChI=1S/C8H12N/c1-3-8(2)9-6-4-5-7-9/h4-8H,1,3H2,2H3. The van der Waals surface area contributed by atoms with Crippen molar-refractivity contribution in [2.24, 2.45) is 0 Å². The fraction of sp³-hybridized carbons (Fsp3) is 0.375. The van der Waals surface area contributed by atoms with E-state index >= 15 is 0 Å². The monoisotopic (exact) mass is 122 g/mol. The average molecular weight is 122 g/mol. The molecule has 1 atom stereocenters. The van der Waals surface area contributed by atoms with E-state index in [1.165, 1.54) is 0 Å². The lowest BCUT2D eigenvalue weighted by molar-refractivity contribution is 0.556. The molecule has 1 aromatic rings. The van der Waals surface area contributed by atoms with Gasteiger partial charge in [0.1, 0.15) is 0 Å². The molecule has 1 heteroatoms. The lowest BCUT2D eigenvalue weighted by Gasteiger charge is -2.08. The molecule has 0 spiro atoms. The summed E-state index contributed by atoms with van der Waals surface area (Å²) in [4.78, 5) is 0. The summed E-state index contributed by atoms with van der Waals surface area (Å²) in [5.74, 6) is 0. The zero-order valence-electron chi connectivity index (χ0n) is 5.75. The van der Waals surface area contributed by atoms with Crippen molar-refractivity contribution in [3.05, 3.63) is 31.5 Å². The molecule has 0 aliphatic carbocycles. The highest BCUT2D eigenvalue weighted by Gasteiger charge is 1.96. The maximum atomic E-state index is 3.82. The molecule has 1 radical (unpaired) electrons. The van der Waals surface area contributed by atoms with Crippen LogP contribution in [0.3, 0.4) is 0 Å². The Balaban J connectivity index is 2.65. The van der Waals surface area contributed by atoms with E-state index in [1.807, 2.05) is 12.1 Å². The number of hydrogen-bond donors (Lipinski definition) is 0. The van der Waals surface area contributed by atoms with Crippen molar-refractivity contribution in [3.63, 3.8) is 0 Å². The summed E-state index contributed by atoms with van der Waals surface area (Å²) in [6, 6.07) is 4.61. The molecule has 0 bridgehead atoms. The van der Waals surface area contributed by atoms with E-state index in [9.17, 15) is 0 Å². The molecule has 1 rings (SSSR count). The highest BCUT2D eigenvalue weighted by Crippen LogP contribution is 2.07. The van der Waals surface area contributed by atoms with Crippen LogP contribution in [0.2, 0.25) is 0 Å². The quantitative estimate of drug-likeness (QED) is 0.567. The minimum Gasteiger partial charge on any atom is -0.352 e. The third-order valence-electron chi connectivity index (χ3n) is 1.55. The van der Waals surface area contributed by atoms with Crippen LogP contribution in [0.4, 0.5) is 0 Å². The molecule has 0 amide bonds. The molecule has 9 heavy (non-hydrogen) atoms. The molecule has 1 nitrogen and oxygen atoms in total. The molecule has 1 unspecified atom stereocenters. The Bertz CT molecular complexity index is 153. The summed E-state index contributed by atoms with van der Waals surface area (Å²) < 4.78 is 2.16. The Morgan fingerprint density at radius 2 is 2.00 bits per heavy atom. The molecule has 0 saturated carbocycles. The zero-order chi connectivity index (χ0) is 6.69. The molecule has 0 saturated heterocycles. The van der Waals surface area contributed by atoms with Gasteiger partial charge in [-0.15, -0.1) is 0 Å². The van der Waals surface area contributed by atoms with E-state index < -0.39 is 0 Å². The van der Waals surface area contributed by atoms with E-state index in [1.54, 1.807) is 0 Å². The maximum Gasteiger partial charge on any atom is 0.0302 e. The molecule has 1 heterocycles. The van der Waals surface area contributed by atoms with Crippen LogP contribution in [0.5, 0.6) is 0 Å². The number of nitrogens with zero attached hydrogens (tertiary/aromatic N) is 1. The van der Waals surface area contributed by atoms with Gasteiger partial charge in [0.15, 0.2) is 0 Å². The molecule has 0 aliphatic rings. The van der Waals surface area contributed by atoms with Gasteiger partial charge in [0.05, 0.1) is 0 Å². The Morgan fingerprint density at radius 1 is 1.44 bits per heavy atom.